The van der Waals surface area contributed by atoms with Crippen molar-refractivity contribution in [2.45, 2.75) is 37.1 Å². The number of piperazine rings is 1. The zero-order valence-electron chi connectivity index (χ0n) is 21.1. The maximum Gasteiger partial charge on any atom is 0.339 e. The number of carbonyl (C=O) groups excluding carboxylic acids is 1. The molecule has 12 nitrogen and oxygen atoms in total. The monoisotopic (exact) mass is 532 g/mol. The fourth-order valence-corrected chi connectivity index (χ4v) is 5.46. The number of benzene rings is 2. The fourth-order valence-electron chi connectivity index (χ4n) is 5.46. The molecule has 0 spiro atoms. The molecule has 5 atom stereocenters. The number of aliphatic hydroxyl groups excluding tert-OH is 3. The van der Waals surface area contributed by atoms with Crippen molar-refractivity contribution in [2.75, 3.05) is 51.9 Å². The molecule has 0 bridgehead atoms. The number of ether oxygens (including phenoxy) is 4. The van der Waals surface area contributed by atoms with E-state index in [1.165, 1.54) is 7.11 Å². The van der Waals surface area contributed by atoms with Gasteiger partial charge in [-0.2, -0.15) is 0 Å². The van der Waals surface area contributed by atoms with Crippen LogP contribution in [0.4, 0.5) is 5.69 Å². The number of phenolic OH excluding ortho intramolecular Hbond substituents is 2. The van der Waals surface area contributed by atoms with Gasteiger partial charge in [0.2, 0.25) is 5.75 Å². The third-order valence-corrected chi connectivity index (χ3v) is 7.52. The van der Waals surface area contributed by atoms with E-state index in [1.807, 2.05) is 24.3 Å². The third kappa shape index (κ3) is 4.37. The predicted octanol–water partition coefficient (Wildman–Crippen LogP) is 0.130. The molecular formula is C26H32N2O10. The van der Waals surface area contributed by atoms with Gasteiger partial charge in [0.15, 0.2) is 17.6 Å². The van der Waals surface area contributed by atoms with Crippen molar-refractivity contribution in [3.8, 4) is 23.0 Å². The summed E-state index contributed by atoms with van der Waals surface area (Å²) in [6.07, 6.45) is -6.76. The van der Waals surface area contributed by atoms with Crippen molar-refractivity contribution in [3.05, 3.63) is 41.0 Å². The Morgan fingerprint density at radius 2 is 1.76 bits per heavy atom. The summed E-state index contributed by atoms with van der Waals surface area (Å²) in [5, 5.41) is 52.5. The number of methoxy groups -OCH3 is 2. The summed E-state index contributed by atoms with van der Waals surface area (Å²) in [4.78, 5) is 17.5. The van der Waals surface area contributed by atoms with Crippen LogP contribution in [0.3, 0.4) is 0 Å². The van der Waals surface area contributed by atoms with Crippen LogP contribution in [0.25, 0.3) is 0 Å². The molecule has 12 heteroatoms. The van der Waals surface area contributed by atoms with Crippen molar-refractivity contribution in [1.82, 2.24) is 4.90 Å². The van der Waals surface area contributed by atoms with Crippen LogP contribution in [0.1, 0.15) is 27.6 Å². The van der Waals surface area contributed by atoms with Gasteiger partial charge in [0.25, 0.3) is 0 Å². The van der Waals surface area contributed by atoms with E-state index in [-0.39, 0.29) is 29.0 Å². The molecule has 2 aromatic rings. The van der Waals surface area contributed by atoms with Gasteiger partial charge in [-0.3, -0.25) is 4.90 Å². The Balaban J connectivity index is 1.45. The van der Waals surface area contributed by atoms with Gasteiger partial charge >= 0.3 is 5.97 Å². The van der Waals surface area contributed by atoms with Gasteiger partial charge in [-0.25, -0.2) is 4.79 Å². The number of nitrogens with zero attached hydrogens (tertiary/aromatic N) is 2. The summed E-state index contributed by atoms with van der Waals surface area (Å²) in [5.41, 5.74) is 1.12. The molecule has 2 aromatic carbocycles. The first-order chi connectivity index (χ1) is 18.3. The number of carbonyl (C=O) groups is 1. The van der Waals surface area contributed by atoms with E-state index >= 15 is 0 Å². The zero-order valence-corrected chi connectivity index (χ0v) is 21.1. The minimum Gasteiger partial charge on any atom is -0.504 e. The number of rotatable bonds is 6. The van der Waals surface area contributed by atoms with E-state index in [9.17, 15) is 30.3 Å². The number of anilines is 1. The van der Waals surface area contributed by atoms with Crippen molar-refractivity contribution in [3.63, 3.8) is 0 Å². The first-order valence-corrected chi connectivity index (χ1v) is 12.4. The summed E-state index contributed by atoms with van der Waals surface area (Å²) < 4.78 is 21.8. The van der Waals surface area contributed by atoms with Crippen LogP contribution in [0.5, 0.6) is 23.0 Å². The van der Waals surface area contributed by atoms with Gasteiger partial charge < -0.3 is 49.4 Å². The third-order valence-electron chi connectivity index (χ3n) is 7.52. The molecule has 5 N–H and O–H groups in total. The van der Waals surface area contributed by atoms with Crippen LogP contribution in [0.15, 0.2) is 24.3 Å². The topological polar surface area (TPSA) is 162 Å². The number of fused-ring (bicyclic) bond motifs is 3. The number of hydrogen-bond donors (Lipinski definition) is 5. The van der Waals surface area contributed by atoms with Gasteiger partial charge in [-0.1, -0.05) is 6.07 Å². The minimum atomic E-state index is -1.56. The normalized spacial score (nSPS) is 27.3. The smallest absolute Gasteiger partial charge is 0.339 e. The Kier molecular flexibility index (Phi) is 7.25. The highest BCUT2D eigenvalue weighted by atomic mass is 16.6. The summed E-state index contributed by atoms with van der Waals surface area (Å²) in [6.45, 7) is 2.15. The van der Waals surface area contributed by atoms with E-state index in [0.29, 0.717) is 26.2 Å². The van der Waals surface area contributed by atoms with Crippen LogP contribution < -0.4 is 14.4 Å². The first kappa shape index (κ1) is 26.3. The number of aliphatic hydroxyl groups is 3. The quantitative estimate of drug-likeness (QED) is 0.320. The second-order valence-electron chi connectivity index (χ2n) is 9.59. The molecule has 2 fully saturated rings. The molecular weight excluding hydrogens is 500 g/mol. The Labute approximate surface area is 219 Å². The first-order valence-electron chi connectivity index (χ1n) is 12.4. The van der Waals surface area contributed by atoms with Gasteiger partial charge in [0.05, 0.1) is 26.4 Å². The second-order valence-corrected chi connectivity index (χ2v) is 9.59. The molecule has 0 amide bonds. The van der Waals surface area contributed by atoms with Crippen LogP contribution >= 0.6 is 0 Å². The summed E-state index contributed by atoms with van der Waals surface area (Å²) in [7, 11) is 2.89. The van der Waals surface area contributed by atoms with Crippen molar-refractivity contribution in [1.29, 1.82) is 0 Å². The molecule has 38 heavy (non-hydrogen) atoms. The Bertz CT molecular complexity index is 1200. The van der Waals surface area contributed by atoms with Crippen LogP contribution in [-0.2, 0) is 16.0 Å². The average Bonchev–Trinajstić information content (AvgIpc) is 2.93. The van der Waals surface area contributed by atoms with E-state index in [1.54, 1.807) is 7.11 Å². The lowest BCUT2D eigenvalue weighted by atomic mass is 9.84. The number of esters is 1. The minimum absolute atomic E-state index is 0.0182. The lowest BCUT2D eigenvalue weighted by Gasteiger charge is -2.45. The van der Waals surface area contributed by atoms with Crippen molar-refractivity contribution >= 4 is 11.7 Å². The van der Waals surface area contributed by atoms with Gasteiger partial charge in [-0.15, -0.1) is 0 Å². The number of phenols is 2. The zero-order chi connectivity index (χ0) is 27.1. The van der Waals surface area contributed by atoms with Crippen LogP contribution in [-0.4, -0.2) is 108 Å². The average molecular weight is 533 g/mol. The molecule has 0 unspecified atom stereocenters. The van der Waals surface area contributed by atoms with E-state index in [4.69, 9.17) is 18.9 Å². The van der Waals surface area contributed by atoms with Gasteiger partial charge in [0, 0.05) is 55.6 Å². The van der Waals surface area contributed by atoms with E-state index < -0.39 is 54.6 Å². The van der Waals surface area contributed by atoms with E-state index in [0.717, 1.165) is 11.4 Å². The molecule has 0 aliphatic carbocycles. The van der Waals surface area contributed by atoms with Crippen LogP contribution in [0, 0.1) is 0 Å². The summed E-state index contributed by atoms with van der Waals surface area (Å²) >= 11 is 0. The molecule has 206 valence electrons. The molecule has 0 radical (unpaired) electrons. The lowest BCUT2D eigenvalue weighted by molar-refractivity contribution is -0.235. The molecule has 2 saturated heterocycles. The Hall–Kier alpha value is -3.29. The van der Waals surface area contributed by atoms with E-state index in [2.05, 4.69) is 9.80 Å². The van der Waals surface area contributed by atoms with Crippen molar-refractivity contribution < 1.29 is 49.3 Å². The standard InChI is InChI=1S/C26H32N2O10/c1-35-14-5-3-4-13(10-14)28-8-6-27(7-9-28)11-15-17-18(21(32)24(36-2)19(15)30)23-25(38-26(17)34)22(33)20(31)16(12-29)37-23/h3-5,10,16,20,22-23,25,29-33H,6-9,11-12H2,1-2H3/t16-,20-,22+,23-,25-/m1/s1. The van der Waals surface area contributed by atoms with Gasteiger partial charge in [-0.05, 0) is 12.1 Å². The maximum atomic E-state index is 13.2. The lowest BCUT2D eigenvalue weighted by Crippen LogP contribution is -2.58. The molecule has 0 aromatic heterocycles. The molecule has 3 aliphatic heterocycles. The fraction of sp³-hybridized carbons (Fsp3) is 0.500. The SMILES string of the molecule is COc1cccc(N2CCN(Cc3c(O)c(OC)c(O)c4c3C(=O)O[C@@H]3[C@@H](O)[C@H](O)[C@@H](CO)O[C@H]43)CC2)c1. The Morgan fingerprint density at radius 3 is 2.42 bits per heavy atom. The second kappa shape index (κ2) is 10.5. The summed E-state index contributed by atoms with van der Waals surface area (Å²) in [5.74, 6) is -1.28. The van der Waals surface area contributed by atoms with Crippen molar-refractivity contribution in [2.24, 2.45) is 0 Å². The summed E-state index contributed by atoms with van der Waals surface area (Å²) in [6, 6.07) is 7.78. The molecule has 5 rings (SSSR count). The largest absolute Gasteiger partial charge is 0.504 e. The molecule has 3 heterocycles. The van der Waals surface area contributed by atoms with Crippen LogP contribution in [0.2, 0.25) is 0 Å². The molecule has 3 aliphatic rings. The highest BCUT2D eigenvalue weighted by molar-refractivity contribution is 5.97. The van der Waals surface area contributed by atoms with Gasteiger partial charge in [0.1, 0.15) is 30.2 Å². The Morgan fingerprint density at radius 1 is 1.03 bits per heavy atom. The highest BCUT2D eigenvalue weighted by Crippen LogP contribution is 2.52. The highest BCUT2D eigenvalue weighted by Gasteiger charge is 2.53. The number of hydrogen-bond acceptors (Lipinski definition) is 12. The molecule has 0 saturated carbocycles. The maximum absolute atomic E-state index is 13.2. The number of aromatic hydroxyl groups is 2. The predicted molar refractivity (Wildman–Crippen MR) is 133 cm³/mol.